The van der Waals surface area contributed by atoms with Gasteiger partial charge >= 0.3 is 0 Å². The van der Waals surface area contributed by atoms with E-state index in [4.69, 9.17) is 14.6 Å². The number of benzene rings is 2. The largest absolute Gasteiger partial charge is 0.497 e. The van der Waals surface area contributed by atoms with Crippen molar-refractivity contribution < 1.29 is 9.47 Å². The Kier molecular flexibility index (Phi) is 4.50. The molecule has 4 rings (SSSR count). The summed E-state index contributed by atoms with van der Waals surface area (Å²) in [6.45, 7) is 10.4. The molecule has 4 nitrogen and oxygen atoms in total. The molecule has 0 radical (unpaired) electrons. The van der Waals surface area contributed by atoms with E-state index in [2.05, 4.69) is 50.8 Å². The molecule has 2 atom stereocenters. The van der Waals surface area contributed by atoms with Crippen LogP contribution in [0.2, 0.25) is 0 Å². The maximum absolute atomic E-state index is 6.57. The van der Waals surface area contributed by atoms with Gasteiger partial charge in [-0.15, -0.1) is 0 Å². The summed E-state index contributed by atoms with van der Waals surface area (Å²) >= 11 is 0. The molecular formula is C24H26N2O2. The molecule has 144 valence electrons. The SMILES string of the molecule is C=C(C)[C@@]1(C)C[C@H](c2ccccc2)c2c(C)nn(-c3ccc(OC)cc3)c2O1. The molecule has 1 aromatic heterocycles. The lowest BCUT2D eigenvalue weighted by Gasteiger charge is -2.39. The predicted octanol–water partition coefficient (Wildman–Crippen LogP) is 5.44. The third kappa shape index (κ3) is 2.99. The van der Waals surface area contributed by atoms with Gasteiger partial charge in [-0.1, -0.05) is 36.9 Å². The summed E-state index contributed by atoms with van der Waals surface area (Å²) in [5.41, 5.74) is 4.92. The normalized spacial score (nSPS) is 20.9. The number of ether oxygens (including phenoxy) is 2. The third-order valence-corrected chi connectivity index (χ3v) is 5.75. The van der Waals surface area contributed by atoms with Gasteiger partial charge in [0.2, 0.25) is 5.88 Å². The van der Waals surface area contributed by atoms with E-state index in [0.29, 0.717) is 0 Å². The van der Waals surface area contributed by atoms with Crippen LogP contribution in [0.25, 0.3) is 5.69 Å². The molecule has 28 heavy (non-hydrogen) atoms. The van der Waals surface area contributed by atoms with Crippen LogP contribution in [0.15, 0.2) is 66.7 Å². The van der Waals surface area contributed by atoms with Crippen LogP contribution in [-0.2, 0) is 0 Å². The minimum atomic E-state index is -0.454. The van der Waals surface area contributed by atoms with E-state index in [1.54, 1.807) is 7.11 Å². The molecule has 0 saturated carbocycles. The lowest BCUT2D eigenvalue weighted by molar-refractivity contribution is 0.0856. The lowest BCUT2D eigenvalue weighted by Crippen LogP contribution is -2.39. The number of aromatic nitrogens is 2. The first-order valence-electron chi connectivity index (χ1n) is 9.57. The number of nitrogens with zero attached hydrogens (tertiary/aromatic N) is 2. The van der Waals surface area contributed by atoms with Gasteiger partial charge in [0.1, 0.15) is 11.4 Å². The minimum Gasteiger partial charge on any atom is -0.497 e. The first-order valence-corrected chi connectivity index (χ1v) is 9.57. The lowest BCUT2D eigenvalue weighted by atomic mass is 9.77. The zero-order valence-electron chi connectivity index (χ0n) is 16.9. The fourth-order valence-electron chi connectivity index (χ4n) is 3.89. The van der Waals surface area contributed by atoms with Crippen molar-refractivity contribution in [2.75, 3.05) is 7.11 Å². The Morgan fingerprint density at radius 3 is 2.46 bits per heavy atom. The molecule has 0 aliphatic carbocycles. The minimum absolute atomic E-state index is 0.207. The summed E-state index contributed by atoms with van der Waals surface area (Å²) in [7, 11) is 1.67. The fourth-order valence-corrected chi connectivity index (χ4v) is 3.89. The highest BCUT2D eigenvalue weighted by Crippen LogP contribution is 2.48. The van der Waals surface area contributed by atoms with E-state index in [1.165, 1.54) is 5.56 Å². The second-order valence-electron chi connectivity index (χ2n) is 7.69. The van der Waals surface area contributed by atoms with Crippen LogP contribution in [0, 0.1) is 6.92 Å². The first-order chi connectivity index (χ1) is 13.4. The molecule has 0 bridgehead atoms. The Labute approximate surface area is 166 Å². The molecule has 0 unspecified atom stereocenters. The molecular weight excluding hydrogens is 348 g/mol. The van der Waals surface area contributed by atoms with Crippen LogP contribution >= 0.6 is 0 Å². The number of fused-ring (bicyclic) bond motifs is 1. The highest BCUT2D eigenvalue weighted by atomic mass is 16.5. The number of aryl methyl sites for hydroxylation is 1. The fraction of sp³-hybridized carbons (Fsp3) is 0.292. The molecule has 0 saturated heterocycles. The van der Waals surface area contributed by atoms with Gasteiger partial charge in [-0.05, 0) is 56.2 Å². The van der Waals surface area contributed by atoms with Crippen LogP contribution < -0.4 is 9.47 Å². The van der Waals surface area contributed by atoms with Gasteiger partial charge in [0.15, 0.2) is 0 Å². The van der Waals surface area contributed by atoms with Crippen molar-refractivity contribution in [3.05, 3.63) is 83.6 Å². The van der Waals surface area contributed by atoms with Crippen LogP contribution in [0.4, 0.5) is 0 Å². The van der Waals surface area contributed by atoms with E-state index < -0.39 is 5.60 Å². The van der Waals surface area contributed by atoms with E-state index >= 15 is 0 Å². The van der Waals surface area contributed by atoms with Gasteiger partial charge in [-0.3, -0.25) is 0 Å². The van der Waals surface area contributed by atoms with Crippen molar-refractivity contribution in [3.8, 4) is 17.3 Å². The van der Waals surface area contributed by atoms with Gasteiger partial charge in [-0.2, -0.15) is 5.10 Å². The highest BCUT2D eigenvalue weighted by Gasteiger charge is 2.42. The van der Waals surface area contributed by atoms with E-state index in [1.807, 2.05) is 35.9 Å². The Hall–Kier alpha value is -3.01. The van der Waals surface area contributed by atoms with E-state index in [-0.39, 0.29) is 5.92 Å². The third-order valence-electron chi connectivity index (χ3n) is 5.75. The second-order valence-corrected chi connectivity index (χ2v) is 7.69. The summed E-state index contributed by atoms with van der Waals surface area (Å²) < 4.78 is 13.8. The molecule has 1 aliphatic heterocycles. The van der Waals surface area contributed by atoms with Crippen molar-refractivity contribution in [2.45, 2.75) is 38.7 Å². The maximum atomic E-state index is 6.57. The smallest absolute Gasteiger partial charge is 0.221 e. The van der Waals surface area contributed by atoms with Crippen LogP contribution in [0.3, 0.4) is 0 Å². The van der Waals surface area contributed by atoms with Crippen molar-refractivity contribution in [3.63, 3.8) is 0 Å². The Morgan fingerprint density at radius 1 is 1.18 bits per heavy atom. The summed E-state index contributed by atoms with van der Waals surface area (Å²) in [6, 6.07) is 18.5. The molecule has 0 spiro atoms. The Balaban J connectivity index is 1.89. The zero-order chi connectivity index (χ0) is 19.9. The number of hydrogen-bond acceptors (Lipinski definition) is 3. The Morgan fingerprint density at radius 2 is 1.86 bits per heavy atom. The highest BCUT2D eigenvalue weighted by molar-refractivity contribution is 5.50. The van der Waals surface area contributed by atoms with Crippen LogP contribution in [0.1, 0.15) is 43.0 Å². The topological polar surface area (TPSA) is 36.3 Å². The monoisotopic (exact) mass is 374 g/mol. The summed E-state index contributed by atoms with van der Waals surface area (Å²) in [5.74, 6) is 1.82. The van der Waals surface area contributed by atoms with Gasteiger partial charge < -0.3 is 9.47 Å². The average Bonchev–Trinajstić information content (AvgIpc) is 3.04. The molecule has 3 aromatic rings. The molecule has 2 aromatic carbocycles. The molecule has 0 N–H and O–H groups in total. The summed E-state index contributed by atoms with van der Waals surface area (Å²) in [6.07, 6.45) is 0.842. The van der Waals surface area contributed by atoms with Crippen molar-refractivity contribution >= 4 is 0 Å². The van der Waals surface area contributed by atoms with Crippen molar-refractivity contribution in [1.29, 1.82) is 0 Å². The average molecular weight is 374 g/mol. The van der Waals surface area contributed by atoms with Crippen molar-refractivity contribution in [2.24, 2.45) is 0 Å². The van der Waals surface area contributed by atoms with E-state index in [9.17, 15) is 0 Å². The summed E-state index contributed by atoms with van der Waals surface area (Å²) in [5, 5.41) is 4.84. The Bertz CT molecular complexity index is 1010. The van der Waals surface area contributed by atoms with Crippen LogP contribution in [-0.4, -0.2) is 22.5 Å². The number of methoxy groups -OCH3 is 1. The molecule has 0 amide bonds. The van der Waals surface area contributed by atoms with Crippen LogP contribution in [0.5, 0.6) is 11.6 Å². The standard InChI is InChI=1S/C24H26N2O2/c1-16(2)24(4)15-21(18-9-7-6-8-10-18)22-17(3)25-26(23(22)28-24)19-11-13-20(27-5)14-12-19/h6-14,21H,1,15H2,2-5H3/t21-,24-/m1/s1. The maximum Gasteiger partial charge on any atom is 0.221 e. The van der Waals surface area contributed by atoms with Gasteiger partial charge in [-0.25, -0.2) is 4.68 Å². The number of hydrogen-bond donors (Lipinski definition) is 0. The predicted molar refractivity (Wildman–Crippen MR) is 112 cm³/mol. The van der Waals surface area contributed by atoms with Gasteiger partial charge in [0.05, 0.1) is 18.5 Å². The van der Waals surface area contributed by atoms with Crippen molar-refractivity contribution in [1.82, 2.24) is 9.78 Å². The van der Waals surface area contributed by atoms with Gasteiger partial charge in [0, 0.05) is 17.9 Å². The molecule has 2 heterocycles. The van der Waals surface area contributed by atoms with Gasteiger partial charge in [0.25, 0.3) is 0 Å². The number of rotatable bonds is 4. The van der Waals surface area contributed by atoms with E-state index in [0.717, 1.165) is 40.6 Å². The molecule has 4 heteroatoms. The zero-order valence-corrected chi connectivity index (χ0v) is 16.9. The quantitative estimate of drug-likeness (QED) is 0.571. The second kappa shape index (κ2) is 6.86. The summed E-state index contributed by atoms with van der Waals surface area (Å²) in [4.78, 5) is 0. The first kappa shape index (κ1) is 18.4. The molecule has 1 aliphatic rings. The molecule has 0 fully saturated rings.